The summed E-state index contributed by atoms with van der Waals surface area (Å²) in [5.41, 5.74) is 0.112. The molecule has 0 saturated heterocycles. The number of carboxylic acid groups (broad SMARTS) is 1. The molecule has 0 fully saturated rings. The van der Waals surface area contributed by atoms with E-state index >= 15 is 0 Å². The van der Waals surface area contributed by atoms with E-state index in [1.165, 1.54) is 12.1 Å². The molecule has 1 aromatic carbocycles. The number of carboxylic acids is 1. The van der Waals surface area contributed by atoms with Gasteiger partial charge in [-0.25, -0.2) is 4.79 Å². The Hall–Kier alpha value is -1.12. The van der Waals surface area contributed by atoms with Crippen molar-refractivity contribution in [2.75, 3.05) is 26.9 Å². The molecule has 0 atom stereocenters. The number of ether oxygens (including phenoxy) is 2. The second kappa shape index (κ2) is 8.23. The highest BCUT2D eigenvalue weighted by Gasteiger charge is 2.13. The van der Waals surface area contributed by atoms with Gasteiger partial charge in [-0.3, -0.25) is 4.79 Å². The van der Waals surface area contributed by atoms with E-state index in [4.69, 9.17) is 14.6 Å². The van der Waals surface area contributed by atoms with Gasteiger partial charge in [0.15, 0.2) is 6.61 Å². The van der Waals surface area contributed by atoms with Crippen LogP contribution < -0.4 is 10.1 Å². The summed E-state index contributed by atoms with van der Waals surface area (Å²) in [6, 6.07) is 2.82. The van der Waals surface area contributed by atoms with E-state index in [0.29, 0.717) is 27.8 Å². The molecule has 20 heavy (non-hydrogen) atoms. The van der Waals surface area contributed by atoms with Crippen LogP contribution in [-0.4, -0.2) is 43.9 Å². The number of halogens is 2. The van der Waals surface area contributed by atoms with E-state index < -0.39 is 5.97 Å². The Bertz CT molecular complexity index is 484. The van der Waals surface area contributed by atoms with Gasteiger partial charge in [-0.05, 0) is 44.0 Å². The Morgan fingerprint density at radius 2 is 1.90 bits per heavy atom. The van der Waals surface area contributed by atoms with E-state index in [1.54, 1.807) is 7.11 Å². The second-order valence-corrected chi connectivity index (χ2v) is 5.41. The summed E-state index contributed by atoms with van der Waals surface area (Å²) < 4.78 is 11.1. The molecule has 1 aromatic rings. The van der Waals surface area contributed by atoms with Gasteiger partial charge >= 0.3 is 5.97 Å². The molecule has 0 bridgehead atoms. The molecule has 1 rings (SSSR count). The zero-order valence-electron chi connectivity index (χ0n) is 10.6. The van der Waals surface area contributed by atoms with E-state index in [1.807, 2.05) is 0 Å². The van der Waals surface area contributed by atoms with Crippen LogP contribution in [0.1, 0.15) is 10.4 Å². The van der Waals surface area contributed by atoms with Crippen molar-refractivity contribution in [1.82, 2.24) is 5.32 Å². The molecule has 110 valence electrons. The highest BCUT2D eigenvalue weighted by atomic mass is 79.9. The third kappa shape index (κ3) is 5.10. The molecule has 0 saturated carbocycles. The molecule has 0 heterocycles. The molecule has 8 heteroatoms. The van der Waals surface area contributed by atoms with Gasteiger partial charge in [0.1, 0.15) is 5.75 Å². The smallest absolute Gasteiger partial charge is 0.335 e. The molecule has 0 aliphatic carbocycles. The van der Waals surface area contributed by atoms with Crippen molar-refractivity contribution in [3.05, 3.63) is 26.6 Å². The summed E-state index contributed by atoms with van der Waals surface area (Å²) in [6.45, 7) is 0.652. The third-order valence-corrected chi connectivity index (χ3v) is 3.40. The average molecular weight is 411 g/mol. The van der Waals surface area contributed by atoms with Gasteiger partial charge in [0.25, 0.3) is 5.91 Å². The Labute approximate surface area is 132 Å². The maximum Gasteiger partial charge on any atom is 0.335 e. The lowest BCUT2D eigenvalue weighted by atomic mass is 10.2. The molecule has 6 nitrogen and oxygen atoms in total. The molecule has 1 amide bonds. The minimum atomic E-state index is -1.05. The molecular weight excluding hydrogens is 398 g/mol. The van der Waals surface area contributed by atoms with Crippen molar-refractivity contribution < 1.29 is 24.2 Å². The summed E-state index contributed by atoms with van der Waals surface area (Å²) in [7, 11) is 1.54. The van der Waals surface area contributed by atoms with Crippen molar-refractivity contribution in [1.29, 1.82) is 0 Å². The number of rotatable bonds is 7. The summed E-state index contributed by atoms with van der Waals surface area (Å²) in [4.78, 5) is 22.3. The van der Waals surface area contributed by atoms with Gasteiger partial charge < -0.3 is 19.9 Å². The van der Waals surface area contributed by atoms with Crippen molar-refractivity contribution in [2.45, 2.75) is 0 Å². The molecule has 0 aliphatic heterocycles. The highest BCUT2D eigenvalue weighted by Crippen LogP contribution is 2.34. The molecule has 0 spiro atoms. The van der Waals surface area contributed by atoms with Crippen LogP contribution in [0, 0.1) is 0 Å². The quantitative estimate of drug-likeness (QED) is 0.672. The topological polar surface area (TPSA) is 84.9 Å². The van der Waals surface area contributed by atoms with E-state index in [9.17, 15) is 9.59 Å². The molecule has 0 radical (unpaired) electrons. The standard InChI is InChI=1S/C12H13Br2NO5/c1-19-3-2-15-10(16)6-20-11-8(13)4-7(12(17)18)5-9(11)14/h4-5H,2-3,6H2,1H3,(H,15,16)(H,17,18). The predicted molar refractivity (Wildman–Crippen MR) is 79.2 cm³/mol. The first kappa shape index (κ1) is 16.9. The fraction of sp³-hybridized carbons (Fsp3) is 0.333. The average Bonchev–Trinajstić information content (AvgIpc) is 2.37. The first-order chi connectivity index (χ1) is 9.45. The fourth-order valence-electron chi connectivity index (χ4n) is 1.30. The minimum absolute atomic E-state index is 0.112. The first-order valence-corrected chi connectivity index (χ1v) is 7.15. The Balaban J connectivity index is 2.64. The number of methoxy groups -OCH3 is 1. The summed E-state index contributed by atoms with van der Waals surface area (Å²) in [5.74, 6) is -0.963. The lowest BCUT2D eigenvalue weighted by Crippen LogP contribution is -2.31. The Morgan fingerprint density at radius 3 is 2.40 bits per heavy atom. The van der Waals surface area contributed by atoms with Gasteiger partial charge in [-0.1, -0.05) is 0 Å². The lowest BCUT2D eigenvalue weighted by Gasteiger charge is -2.11. The Morgan fingerprint density at radius 1 is 1.30 bits per heavy atom. The predicted octanol–water partition coefficient (Wildman–Crippen LogP) is 2.05. The van der Waals surface area contributed by atoms with Crippen LogP contribution in [0.5, 0.6) is 5.75 Å². The van der Waals surface area contributed by atoms with Crippen LogP contribution in [0.15, 0.2) is 21.1 Å². The second-order valence-electron chi connectivity index (χ2n) is 3.71. The van der Waals surface area contributed by atoms with Crippen molar-refractivity contribution in [2.24, 2.45) is 0 Å². The van der Waals surface area contributed by atoms with Crippen LogP contribution in [-0.2, 0) is 9.53 Å². The number of aromatic carboxylic acids is 1. The fourth-order valence-corrected chi connectivity index (χ4v) is 2.72. The van der Waals surface area contributed by atoms with Gasteiger partial charge in [-0.2, -0.15) is 0 Å². The monoisotopic (exact) mass is 409 g/mol. The zero-order valence-corrected chi connectivity index (χ0v) is 13.8. The van der Waals surface area contributed by atoms with Crippen molar-refractivity contribution in [3.8, 4) is 5.75 Å². The van der Waals surface area contributed by atoms with E-state index in [0.717, 1.165) is 0 Å². The number of benzene rings is 1. The number of nitrogens with one attached hydrogen (secondary N) is 1. The number of carbonyl (C=O) groups excluding carboxylic acids is 1. The molecule has 0 aromatic heterocycles. The molecule has 2 N–H and O–H groups in total. The number of hydrogen-bond donors (Lipinski definition) is 2. The zero-order chi connectivity index (χ0) is 15.1. The van der Waals surface area contributed by atoms with Crippen molar-refractivity contribution in [3.63, 3.8) is 0 Å². The van der Waals surface area contributed by atoms with Crippen LogP contribution in [0.25, 0.3) is 0 Å². The first-order valence-electron chi connectivity index (χ1n) is 5.56. The number of amides is 1. The van der Waals surface area contributed by atoms with Crippen LogP contribution in [0.4, 0.5) is 0 Å². The highest BCUT2D eigenvalue weighted by molar-refractivity contribution is 9.11. The van der Waals surface area contributed by atoms with Gasteiger partial charge in [0.05, 0.1) is 21.1 Å². The Kier molecular flexibility index (Phi) is 6.97. The minimum Gasteiger partial charge on any atom is -0.481 e. The summed E-state index contributed by atoms with van der Waals surface area (Å²) in [6.07, 6.45) is 0. The van der Waals surface area contributed by atoms with Crippen LogP contribution in [0.2, 0.25) is 0 Å². The largest absolute Gasteiger partial charge is 0.481 e. The van der Waals surface area contributed by atoms with Crippen LogP contribution >= 0.6 is 31.9 Å². The van der Waals surface area contributed by atoms with Crippen LogP contribution in [0.3, 0.4) is 0 Å². The van der Waals surface area contributed by atoms with E-state index in [2.05, 4.69) is 37.2 Å². The summed E-state index contributed by atoms with van der Waals surface area (Å²) >= 11 is 6.42. The maximum atomic E-state index is 11.5. The molecule has 0 aliphatic rings. The third-order valence-electron chi connectivity index (χ3n) is 2.22. The van der Waals surface area contributed by atoms with Gasteiger partial charge in [0, 0.05) is 13.7 Å². The van der Waals surface area contributed by atoms with Crippen molar-refractivity contribution >= 4 is 43.7 Å². The maximum absolute atomic E-state index is 11.5. The van der Waals surface area contributed by atoms with Gasteiger partial charge in [0.2, 0.25) is 0 Å². The number of carbonyl (C=O) groups is 2. The summed E-state index contributed by atoms with van der Waals surface area (Å²) in [5, 5.41) is 11.5. The lowest BCUT2D eigenvalue weighted by molar-refractivity contribution is -0.123. The molecule has 0 unspecified atom stereocenters. The number of hydrogen-bond acceptors (Lipinski definition) is 4. The molecular formula is C12H13Br2NO5. The van der Waals surface area contributed by atoms with E-state index in [-0.39, 0.29) is 18.1 Å². The van der Waals surface area contributed by atoms with Gasteiger partial charge in [-0.15, -0.1) is 0 Å². The normalized spacial score (nSPS) is 10.2. The SMILES string of the molecule is COCCNC(=O)COc1c(Br)cc(C(=O)O)cc1Br.